The van der Waals surface area contributed by atoms with E-state index in [0.29, 0.717) is 25.6 Å². The summed E-state index contributed by atoms with van der Waals surface area (Å²) < 4.78 is 11.0. The van der Waals surface area contributed by atoms with Gasteiger partial charge in [0.05, 0.1) is 24.8 Å². The van der Waals surface area contributed by atoms with Crippen molar-refractivity contribution in [2.45, 2.75) is 26.6 Å². The molecular weight excluding hydrogens is 240 g/mol. The Hall–Kier alpha value is -1.65. The molecule has 1 atom stereocenters. The number of anilines is 1. The Morgan fingerprint density at radius 3 is 2.89 bits per heavy atom. The zero-order valence-corrected chi connectivity index (χ0v) is 11.4. The molecule has 1 aromatic heterocycles. The average molecular weight is 260 g/mol. The number of nitrogen functional groups attached to an aromatic ring is 1. The number of benzene rings is 1. The Morgan fingerprint density at radius 2 is 2.11 bits per heavy atom. The van der Waals surface area contributed by atoms with Gasteiger partial charge in [-0.25, -0.2) is 4.98 Å². The predicted molar refractivity (Wildman–Crippen MR) is 76.9 cm³/mol. The number of fused-ring (bicyclic) bond motifs is 1. The van der Waals surface area contributed by atoms with E-state index in [-0.39, 0.29) is 6.10 Å². The molecule has 0 bridgehead atoms. The van der Waals surface area contributed by atoms with Crippen LogP contribution in [0.4, 0.5) is 5.82 Å². The Bertz CT molecular complexity index is 543. The highest BCUT2D eigenvalue weighted by atomic mass is 16.5. The Labute approximate surface area is 113 Å². The van der Waals surface area contributed by atoms with Crippen molar-refractivity contribution in [3.63, 3.8) is 0 Å². The number of para-hydroxylation sites is 1. The lowest BCUT2D eigenvalue weighted by Gasteiger charge is -2.14. The highest BCUT2D eigenvalue weighted by Crippen LogP contribution is 2.19. The van der Waals surface area contributed by atoms with Crippen LogP contribution in [0.2, 0.25) is 0 Å². The van der Waals surface area contributed by atoms with Crippen LogP contribution in [0.1, 0.15) is 19.4 Å². The van der Waals surface area contributed by atoms with E-state index in [9.17, 15) is 0 Å². The van der Waals surface area contributed by atoms with E-state index in [1.54, 1.807) is 0 Å². The van der Waals surface area contributed by atoms with E-state index in [4.69, 9.17) is 15.2 Å². The zero-order valence-electron chi connectivity index (χ0n) is 11.4. The van der Waals surface area contributed by atoms with Crippen molar-refractivity contribution < 1.29 is 9.47 Å². The Morgan fingerprint density at radius 1 is 1.32 bits per heavy atom. The van der Waals surface area contributed by atoms with Crippen LogP contribution in [0.15, 0.2) is 30.3 Å². The molecule has 0 aliphatic heterocycles. The van der Waals surface area contributed by atoms with Crippen molar-refractivity contribution in [2.75, 3.05) is 18.9 Å². The average Bonchev–Trinajstić information content (AvgIpc) is 2.42. The molecule has 0 saturated heterocycles. The van der Waals surface area contributed by atoms with Gasteiger partial charge >= 0.3 is 0 Å². The van der Waals surface area contributed by atoms with Gasteiger partial charge in [0.1, 0.15) is 5.82 Å². The highest BCUT2D eigenvalue weighted by molar-refractivity contribution is 5.81. The Balaban J connectivity index is 2.06. The second kappa shape index (κ2) is 6.50. The first kappa shape index (κ1) is 13.8. The summed E-state index contributed by atoms with van der Waals surface area (Å²) in [5, 5.41) is 1.08. The molecule has 0 radical (unpaired) electrons. The van der Waals surface area contributed by atoms with Gasteiger partial charge < -0.3 is 15.2 Å². The summed E-state index contributed by atoms with van der Waals surface area (Å²) in [4.78, 5) is 4.38. The fourth-order valence-corrected chi connectivity index (χ4v) is 1.85. The van der Waals surface area contributed by atoms with Gasteiger partial charge in [-0.3, -0.25) is 0 Å². The molecule has 2 aromatic rings. The van der Waals surface area contributed by atoms with Gasteiger partial charge in [0, 0.05) is 17.6 Å². The van der Waals surface area contributed by atoms with Crippen molar-refractivity contribution >= 4 is 16.7 Å². The molecule has 1 aromatic carbocycles. The fraction of sp³-hybridized carbons (Fsp3) is 0.400. The van der Waals surface area contributed by atoms with Crippen molar-refractivity contribution in [2.24, 2.45) is 0 Å². The third kappa shape index (κ3) is 3.66. The molecule has 4 nitrogen and oxygen atoms in total. The van der Waals surface area contributed by atoms with Crippen LogP contribution in [-0.2, 0) is 16.1 Å². The predicted octanol–water partition coefficient (Wildman–Crippen LogP) is 2.76. The van der Waals surface area contributed by atoms with Crippen LogP contribution < -0.4 is 5.73 Å². The van der Waals surface area contributed by atoms with E-state index >= 15 is 0 Å². The maximum Gasteiger partial charge on any atom is 0.129 e. The molecule has 0 aliphatic carbocycles. The highest BCUT2D eigenvalue weighted by Gasteiger charge is 2.07. The van der Waals surface area contributed by atoms with Gasteiger partial charge in [-0.15, -0.1) is 0 Å². The Kier molecular flexibility index (Phi) is 4.71. The molecule has 2 N–H and O–H groups in total. The van der Waals surface area contributed by atoms with Crippen molar-refractivity contribution in [1.29, 1.82) is 0 Å². The van der Waals surface area contributed by atoms with Crippen molar-refractivity contribution in [1.82, 2.24) is 4.98 Å². The van der Waals surface area contributed by atoms with E-state index in [1.165, 1.54) is 0 Å². The topological polar surface area (TPSA) is 57.4 Å². The summed E-state index contributed by atoms with van der Waals surface area (Å²) in [6.45, 7) is 5.71. The summed E-state index contributed by atoms with van der Waals surface area (Å²) in [6, 6.07) is 9.95. The molecule has 0 saturated carbocycles. The summed E-state index contributed by atoms with van der Waals surface area (Å²) >= 11 is 0. The van der Waals surface area contributed by atoms with Gasteiger partial charge in [0.15, 0.2) is 0 Å². The number of hydrogen-bond acceptors (Lipinski definition) is 4. The summed E-state index contributed by atoms with van der Waals surface area (Å²) in [5.74, 6) is 0.530. The molecule has 102 valence electrons. The normalized spacial score (nSPS) is 12.7. The van der Waals surface area contributed by atoms with Crippen LogP contribution in [0.3, 0.4) is 0 Å². The molecule has 0 aliphatic rings. The van der Waals surface area contributed by atoms with Crippen molar-refractivity contribution in [3.8, 4) is 0 Å². The van der Waals surface area contributed by atoms with Gasteiger partial charge in [0.2, 0.25) is 0 Å². The first-order chi connectivity index (χ1) is 9.20. The van der Waals surface area contributed by atoms with Gasteiger partial charge in [-0.05, 0) is 26.0 Å². The maximum atomic E-state index is 5.95. The van der Waals surface area contributed by atoms with Crippen LogP contribution in [0, 0.1) is 0 Å². The molecule has 0 fully saturated rings. The van der Waals surface area contributed by atoms with Gasteiger partial charge in [-0.2, -0.15) is 0 Å². The molecule has 19 heavy (non-hydrogen) atoms. The number of pyridine rings is 1. The SMILES string of the molecule is CCOCC(C)OCc1cc2ccccc2nc1N. The second-order valence-electron chi connectivity index (χ2n) is 4.51. The maximum absolute atomic E-state index is 5.95. The van der Waals surface area contributed by atoms with E-state index in [0.717, 1.165) is 16.5 Å². The van der Waals surface area contributed by atoms with Gasteiger partial charge in [0.25, 0.3) is 0 Å². The summed E-state index contributed by atoms with van der Waals surface area (Å²) in [5.41, 5.74) is 7.78. The summed E-state index contributed by atoms with van der Waals surface area (Å²) in [7, 11) is 0. The van der Waals surface area contributed by atoms with E-state index in [1.807, 2.05) is 44.2 Å². The zero-order chi connectivity index (χ0) is 13.7. The molecule has 1 heterocycles. The van der Waals surface area contributed by atoms with Crippen LogP contribution in [-0.4, -0.2) is 24.3 Å². The lowest BCUT2D eigenvalue weighted by Crippen LogP contribution is -2.16. The first-order valence-corrected chi connectivity index (χ1v) is 6.54. The van der Waals surface area contributed by atoms with Gasteiger partial charge in [-0.1, -0.05) is 18.2 Å². The molecule has 1 unspecified atom stereocenters. The van der Waals surface area contributed by atoms with E-state index in [2.05, 4.69) is 4.98 Å². The lowest BCUT2D eigenvalue weighted by molar-refractivity contribution is -0.0115. The standard InChI is InChI=1S/C15H20N2O2/c1-3-18-9-11(2)19-10-13-8-12-6-4-5-7-14(12)17-15(13)16/h4-8,11H,3,9-10H2,1-2H3,(H2,16,17). The second-order valence-corrected chi connectivity index (χ2v) is 4.51. The third-order valence-electron chi connectivity index (χ3n) is 2.92. The largest absolute Gasteiger partial charge is 0.383 e. The number of rotatable bonds is 6. The minimum atomic E-state index is 0.0471. The molecule has 2 rings (SSSR count). The minimum Gasteiger partial charge on any atom is -0.383 e. The van der Waals surface area contributed by atoms with Crippen LogP contribution in [0.5, 0.6) is 0 Å². The third-order valence-corrected chi connectivity index (χ3v) is 2.92. The lowest BCUT2D eigenvalue weighted by atomic mass is 10.1. The van der Waals surface area contributed by atoms with Crippen molar-refractivity contribution in [3.05, 3.63) is 35.9 Å². The molecule has 0 spiro atoms. The fourth-order valence-electron chi connectivity index (χ4n) is 1.85. The number of hydrogen-bond donors (Lipinski definition) is 1. The monoisotopic (exact) mass is 260 g/mol. The minimum absolute atomic E-state index is 0.0471. The quantitative estimate of drug-likeness (QED) is 0.867. The molecular formula is C15H20N2O2. The number of nitrogens with two attached hydrogens (primary N) is 1. The first-order valence-electron chi connectivity index (χ1n) is 6.54. The smallest absolute Gasteiger partial charge is 0.129 e. The summed E-state index contributed by atoms with van der Waals surface area (Å²) in [6.07, 6.45) is 0.0471. The number of ether oxygens (including phenoxy) is 2. The molecule has 4 heteroatoms. The molecule has 0 amide bonds. The number of nitrogens with zero attached hydrogens (tertiary/aromatic N) is 1. The number of aromatic nitrogens is 1. The van der Waals surface area contributed by atoms with Crippen LogP contribution >= 0.6 is 0 Å². The van der Waals surface area contributed by atoms with Crippen LogP contribution in [0.25, 0.3) is 10.9 Å². The van der Waals surface area contributed by atoms with E-state index < -0.39 is 0 Å².